The Hall–Kier alpha value is 0.110. The maximum absolute atomic E-state index is 11.4. The van der Waals surface area contributed by atoms with Gasteiger partial charge < -0.3 is 0 Å². The van der Waals surface area contributed by atoms with Crippen LogP contribution in [0.15, 0.2) is 0 Å². The quantitative estimate of drug-likeness (QED) is 0.189. The Labute approximate surface area is 127 Å². The third kappa shape index (κ3) is 11.9. The summed E-state index contributed by atoms with van der Waals surface area (Å²) in [6.07, 6.45) is 2.40. The molecule has 0 aromatic carbocycles. The topological polar surface area (TPSA) is 83.5 Å². The molecule has 1 amide bonds. The number of amides is 1. The van der Waals surface area contributed by atoms with E-state index in [4.69, 9.17) is 4.55 Å². The van der Waals surface area contributed by atoms with Crippen LogP contribution in [0, 0.1) is 5.92 Å². The van der Waals surface area contributed by atoms with Crippen molar-refractivity contribution in [2.75, 3.05) is 31.0 Å². The molecule has 0 bridgehead atoms. The number of hydrogen-bond acceptors (Lipinski definition) is 3. The fraction of sp³-hybridized carbons (Fsp3) is 0.923. The Bertz CT molecular complexity index is 393. The minimum atomic E-state index is -3.81. The van der Waals surface area contributed by atoms with Gasteiger partial charge in [-0.15, -0.1) is 0 Å². The number of carbonyl (C=O) groups is 1. The van der Waals surface area contributed by atoms with E-state index in [9.17, 15) is 13.2 Å². The van der Waals surface area contributed by atoms with E-state index in [1.807, 2.05) is 13.8 Å². The molecule has 0 saturated carbocycles. The molecule has 0 rings (SSSR count). The van der Waals surface area contributed by atoms with Crippen molar-refractivity contribution in [3.05, 3.63) is 0 Å². The van der Waals surface area contributed by atoms with Crippen LogP contribution in [0.1, 0.15) is 33.1 Å². The van der Waals surface area contributed by atoms with Gasteiger partial charge in [-0.25, -0.2) is 0 Å². The molecular formula is C13H29INO4S-. The van der Waals surface area contributed by atoms with Crippen LogP contribution in [-0.4, -0.2) is 49.9 Å². The number of hydrogen-bond donors (Lipinski definition) is 2. The third-order valence-electron chi connectivity index (χ3n) is 2.94. The van der Waals surface area contributed by atoms with Crippen molar-refractivity contribution >= 4 is 16.0 Å². The molecule has 0 aromatic heterocycles. The zero-order chi connectivity index (χ0) is 15.8. The number of rotatable bonds is 10. The first kappa shape index (κ1) is 20.1. The van der Waals surface area contributed by atoms with E-state index in [0.717, 1.165) is 28.2 Å². The fourth-order valence-corrected chi connectivity index (χ4v) is 7.84. The second kappa shape index (κ2) is 9.19. The summed E-state index contributed by atoms with van der Waals surface area (Å²) in [5, 5.41) is 2.92. The summed E-state index contributed by atoms with van der Waals surface area (Å²) >= 11 is -1.76. The first-order valence-corrected chi connectivity index (χ1v) is 15.8. The van der Waals surface area contributed by atoms with Crippen molar-refractivity contribution in [3.8, 4) is 0 Å². The molecule has 0 unspecified atom stereocenters. The summed E-state index contributed by atoms with van der Waals surface area (Å²) in [5.74, 6) is 0.000959. The molecule has 0 radical (unpaired) electrons. The number of carbonyl (C=O) groups excluding carboxylic acids is 1. The van der Waals surface area contributed by atoms with E-state index in [1.165, 1.54) is 0 Å². The zero-order valence-electron chi connectivity index (χ0n) is 13.0. The van der Waals surface area contributed by atoms with E-state index in [0.29, 0.717) is 6.42 Å². The van der Waals surface area contributed by atoms with E-state index >= 15 is 0 Å². The molecule has 0 atom stereocenters. The van der Waals surface area contributed by atoms with Gasteiger partial charge in [-0.05, 0) is 0 Å². The number of alkyl halides is 4. The third-order valence-corrected chi connectivity index (χ3v) is 11.1. The van der Waals surface area contributed by atoms with Gasteiger partial charge in [0.05, 0.1) is 0 Å². The monoisotopic (exact) mass is 422 g/mol. The molecule has 0 aliphatic heterocycles. The molecule has 5 nitrogen and oxygen atoms in total. The Morgan fingerprint density at radius 2 is 1.70 bits per heavy atom. The molecule has 7 heteroatoms. The van der Waals surface area contributed by atoms with Crippen molar-refractivity contribution < 1.29 is 36.2 Å². The van der Waals surface area contributed by atoms with Gasteiger partial charge in [0, 0.05) is 0 Å². The average molecular weight is 422 g/mol. The van der Waals surface area contributed by atoms with Crippen LogP contribution in [0.25, 0.3) is 0 Å². The van der Waals surface area contributed by atoms with Crippen LogP contribution in [0.5, 0.6) is 0 Å². The molecule has 0 aliphatic rings. The summed E-state index contributed by atoms with van der Waals surface area (Å²) < 4.78 is 32.2. The molecule has 20 heavy (non-hydrogen) atoms. The normalized spacial score (nSPS) is 13.5. The first-order chi connectivity index (χ1) is 9.03. The summed E-state index contributed by atoms with van der Waals surface area (Å²) in [5.41, 5.74) is 0. The van der Waals surface area contributed by atoms with Crippen LogP contribution >= 0.6 is 0 Å². The predicted octanol–water partition coefficient (Wildman–Crippen LogP) is -1.76. The van der Waals surface area contributed by atoms with Gasteiger partial charge >= 0.3 is 128 Å². The van der Waals surface area contributed by atoms with Gasteiger partial charge in [0.15, 0.2) is 0 Å². The van der Waals surface area contributed by atoms with Crippen molar-refractivity contribution in [1.82, 2.24) is 5.32 Å². The van der Waals surface area contributed by atoms with Crippen LogP contribution in [0.3, 0.4) is 0 Å². The second-order valence-corrected chi connectivity index (χ2v) is 18.9. The van der Waals surface area contributed by atoms with Gasteiger partial charge in [-0.1, -0.05) is 0 Å². The van der Waals surface area contributed by atoms with E-state index < -0.39 is 28.6 Å². The maximum atomic E-state index is 11.4. The minimum absolute atomic E-state index is 0.0318. The van der Waals surface area contributed by atoms with E-state index in [1.54, 1.807) is 0 Å². The predicted molar refractivity (Wildman–Crippen MR) is 79.7 cm³/mol. The van der Waals surface area contributed by atoms with Gasteiger partial charge in [0.2, 0.25) is 0 Å². The summed E-state index contributed by atoms with van der Waals surface area (Å²) in [6.45, 7) is 4.49. The standard InChI is InChI=1S/C13H29INO4S/c1-12(2)13(16)15-10-7-9-14(3,4)8-5-6-11-20(17,18)19/h12H,5-11H2,1-4H3,(H,15,16)(H,17,18,19)/q-1. The zero-order valence-corrected chi connectivity index (χ0v) is 16.0. The van der Waals surface area contributed by atoms with E-state index in [-0.39, 0.29) is 17.6 Å². The van der Waals surface area contributed by atoms with Crippen LogP contribution < -0.4 is 23.8 Å². The molecule has 0 saturated heterocycles. The number of nitrogens with one attached hydrogen (secondary N) is 1. The van der Waals surface area contributed by atoms with Gasteiger partial charge in [-0.3, -0.25) is 0 Å². The number of unbranched alkanes of at least 4 members (excludes halogenated alkanes) is 1. The second-order valence-electron chi connectivity index (χ2n) is 5.81. The van der Waals surface area contributed by atoms with Crippen LogP contribution in [-0.2, 0) is 14.9 Å². The fourth-order valence-electron chi connectivity index (χ4n) is 1.68. The van der Waals surface area contributed by atoms with Crippen LogP contribution in [0.4, 0.5) is 0 Å². The van der Waals surface area contributed by atoms with Crippen molar-refractivity contribution in [1.29, 1.82) is 0 Å². The van der Waals surface area contributed by atoms with Crippen LogP contribution in [0.2, 0.25) is 0 Å². The van der Waals surface area contributed by atoms with Gasteiger partial charge in [-0.2, -0.15) is 0 Å². The molecule has 0 fully saturated rings. The van der Waals surface area contributed by atoms with Gasteiger partial charge in [0.1, 0.15) is 0 Å². The van der Waals surface area contributed by atoms with E-state index in [2.05, 4.69) is 15.2 Å². The Morgan fingerprint density at radius 1 is 1.15 bits per heavy atom. The molecule has 0 heterocycles. The summed E-state index contributed by atoms with van der Waals surface area (Å²) in [4.78, 5) is 16.0. The van der Waals surface area contributed by atoms with Crippen molar-refractivity contribution in [3.63, 3.8) is 0 Å². The van der Waals surface area contributed by atoms with Crippen molar-refractivity contribution in [2.24, 2.45) is 5.92 Å². The molecule has 2 N–H and O–H groups in total. The molecule has 0 aromatic rings. The number of halogens is 1. The summed E-state index contributed by atoms with van der Waals surface area (Å²) in [7, 11) is -3.81. The molecule has 124 valence electrons. The SMILES string of the molecule is CC(C)C(=O)NCCC[I-](C)(C)CCCCS(=O)(=O)O. The van der Waals surface area contributed by atoms with Gasteiger partial charge in [0.25, 0.3) is 0 Å². The molecule has 0 spiro atoms. The average Bonchev–Trinajstić information content (AvgIpc) is 2.29. The first-order valence-electron chi connectivity index (χ1n) is 6.85. The Balaban J connectivity index is 3.77. The Morgan fingerprint density at radius 3 is 2.20 bits per heavy atom. The summed E-state index contributed by atoms with van der Waals surface area (Å²) in [6, 6.07) is 0. The Kier molecular flexibility index (Phi) is 9.24. The molecule has 0 aliphatic carbocycles. The van der Waals surface area contributed by atoms with Crippen molar-refractivity contribution in [2.45, 2.75) is 33.1 Å². The molecular weight excluding hydrogens is 393 g/mol.